The number of aromatic nitrogens is 1. The van der Waals surface area contributed by atoms with E-state index >= 15 is 0 Å². The van der Waals surface area contributed by atoms with Gasteiger partial charge in [-0.1, -0.05) is 0 Å². The van der Waals surface area contributed by atoms with Gasteiger partial charge in [-0.3, -0.25) is 14.5 Å². The molecule has 0 saturated heterocycles. The van der Waals surface area contributed by atoms with Crippen molar-refractivity contribution >= 4 is 17.7 Å². The number of hydrogen-bond donors (Lipinski definition) is 1. The molecule has 0 aromatic carbocycles. The van der Waals surface area contributed by atoms with Crippen LogP contribution < -0.4 is 9.64 Å². The van der Waals surface area contributed by atoms with E-state index in [9.17, 15) is 9.59 Å². The lowest BCUT2D eigenvalue weighted by Crippen LogP contribution is -2.44. The van der Waals surface area contributed by atoms with E-state index in [4.69, 9.17) is 9.84 Å². The van der Waals surface area contributed by atoms with E-state index in [0.717, 1.165) is 0 Å². The average molecular weight is 236 g/mol. The Labute approximate surface area is 97.8 Å². The third-order valence-electron chi connectivity index (χ3n) is 2.56. The summed E-state index contributed by atoms with van der Waals surface area (Å²) in [6.45, 7) is 0. The predicted molar refractivity (Wildman–Crippen MR) is 58.9 cm³/mol. The van der Waals surface area contributed by atoms with Gasteiger partial charge in [0.25, 0.3) is 5.91 Å². The Balaban J connectivity index is 2.19. The van der Waals surface area contributed by atoms with Crippen LogP contribution in [0.3, 0.4) is 0 Å². The molecule has 1 aromatic rings. The third-order valence-corrected chi connectivity index (χ3v) is 2.56. The van der Waals surface area contributed by atoms with E-state index in [1.54, 1.807) is 25.4 Å². The van der Waals surface area contributed by atoms with Crippen LogP contribution in [0.5, 0.6) is 5.75 Å². The molecule has 1 atom stereocenters. The summed E-state index contributed by atoms with van der Waals surface area (Å²) in [5, 5.41) is 8.60. The monoisotopic (exact) mass is 236 g/mol. The van der Waals surface area contributed by atoms with Crippen molar-refractivity contribution in [3.8, 4) is 5.75 Å². The number of carboxylic acids is 1. The fourth-order valence-electron chi connectivity index (χ4n) is 1.69. The van der Waals surface area contributed by atoms with Crippen LogP contribution in [0.25, 0.3) is 0 Å². The molecule has 1 unspecified atom stereocenters. The maximum absolute atomic E-state index is 11.9. The van der Waals surface area contributed by atoms with Crippen molar-refractivity contribution in [1.82, 2.24) is 4.98 Å². The number of rotatable bonds is 3. The van der Waals surface area contributed by atoms with E-state index in [1.165, 1.54) is 4.90 Å². The van der Waals surface area contributed by atoms with Crippen LogP contribution in [0.15, 0.2) is 18.3 Å². The van der Waals surface area contributed by atoms with Crippen molar-refractivity contribution < 1.29 is 19.4 Å². The van der Waals surface area contributed by atoms with Crippen molar-refractivity contribution in [1.29, 1.82) is 0 Å². The fraction of sp³-hybridized carbons (Fsp3) is 0.364. The minimum absolute atomic E-state index is 0.0974. The number of fused-ring (bicyclic) bond motifs is 1. The van der Waals surface area contributed by atoms with Crippen molar-refractivity contribution in [2.24, 2.45) is 0 Å². The zero-order chi connectivity index (χ0) is 12.4. The summed E-state index contributed by atoms with van der Waals surface area (Å²) in [6, 6.07) is 3.41. The molecule has 2 heterocycles. The van der Waals surface area contributed by atoms with Gasteiger partial charge in [0.1, 0.15) is 0 Å². The molecule has 0 fully saturated rings. The van der Waals surface area contributed by atoms with Gasteiger partial charge in [-0.15, -0.1) is 0 Å². The molecular formula is C11H12N2O4. The second-order valence-corrected chi connectivity index (χ2v) is 3.76. The van der Waals surface area contributed by atoms with Crippen molar-refractivity contribution in [2.75, 3.05) is 11.9 Å². The smallest absolute Gasteiger partial charge is 0.303 e. The number of anilines is 1. The molecule has 1 aliphatic heterocycles. The Morgan fingerprint density at radius 1 is 1.65 bits per heavy atom. The molecule has 1 aromatic heterocycles. The summed E-state index contributed by atoms with van der Waals surface area (Å²) in [6.07, 6.45) is 0.892. The van der Waals surface area contributed by atoms with Gasteiger partial charge in [0.05, 0.1) is 0 Å². The number of amides is 1. The summed E-state index contributed by atoms with van der Waals surface area (Å²) < 4.78 is 5.45. The first-order valence-electron chi connectivity index (χ1n) is 5.20. The number of carboxylic acid groups (broad SMARTS) is 1. The van der Waals surface area contributed by atoms with Crippen LogP contribution in [0.4, 0.5) is 5.82 Å². The lowest BCUT2D eigenvalue weighted by molar-refractivity contribution is -0.138. The van der Waals surface area contributed by atoms with Crippen molar-refractivity contribution in [2.45, 2.75) is 18.9 Å². The van der Waals surface area contributed by atoms with Crippen LogP contribution in [0.1, 0.15) is 12.8 Å². The Morgan fingerprint density at radius 2 is 2.41 bits per heavy atom. The summed E-state index contributed by atoms with van der Waals surface area (Å²) >= 11 is 0. The van der Waals surface area contributed by atoms with Crippen LogP contribution in [0.2, 0.25) is 0 Å². The van der Waals surface area contributed by atoms with Crippen molar-refractivity contribution in [3.05, 3.63) is 18.3 Å². The lowest BCUT2D eigenvalue weighted by atomic mass is 10.1. The van der Waals surface area contributed by atoms with Crippen LogP contribution >= 0.6 is 0 Å². The largest absolute Gasteiger partial charge is 0.481 e. The topological polar surface area (TPSA) is 79.7 Å². The molecule has 0 bridgehead atoms. The van der Waals surface area contributed by atoms with Gasteiger partial charge in [0.2, 0.25) is 0 Å². The first kappa shape index (κ1) is 11.4. The highest BCUT2D eigenvalue weighted by Gasteiger charge is 2.32. The number of hydrogen-bond acceptors (Lipinski definition) is 4. The normalized spacial score (nSPS) is 18.5. The molecular weight excluding hydrogens is 224 g/mol. The zero-order valence-corrected chi connectivity index (χ0v) is 9.29. The number of nitrogens with zero attached hydrogens (tertiary/aromatic N) is 2. The second-order valence-electron chi connectivity index (χ2n) is 3.76. The van der Waals surface area contributed by atoms with Gasteiger partial charge in [-0.25, -0.2) is 4.98 Å². The summed E-state index contributed by atoms with van der Waals surface area (Å²) in [4.78, 5) is 27.8. The minimum Gasteiger partial charge on any atom is -0.481 e. The Kier molecular flexibility index (Phi) is 2.95. The number of carbonyl (C=O) groups is 2. The molecule has 6 heteroatoms. The first-order chi connectivity index (χ1) is 8.09. The molecule has 1 aliphatic rings. The lowest BCUT2D eigenvalue weighted by Gasteiger charge is -2.30. The highest BCUT2D eigenvalue weighted by atomic mass is 16.5. The predicted octanol–water partition coefficient (Wildman–Crippen LogP) is 0.670. The van der Waals surface area contributed by atoms with Crippen LogP contribution in [-0.4, -0.2) is 35.1 Å². The highest BCUT2D eigenvalue weighted by molar-refractivity contribution is 5.98. The standard InChI is InChI=1S/C11H12N2O4/c1-13-10-7(3-2-6-12-10)17-8(11(13)16)4-5-9(14)15/h2-3,6,8H,4-5H2,1H3,(H,14,15). The molecule has 0 saturated carbocycles. The highest BCUT2D eigenvalue weighted by Crippen LogP contribution is 2.31. The van der Waals surface area contributed by atoms with Gasteiger partial charge in [0, 0.05) is 26.1 Å². The molecule has 1 N–H and O–H groups in total. The van der Waals surface area contributed by atoms with Crippen molar-refractivity contribution in [3.63, 3.8) is 0 Å². The Bertz CT molecular complexity index is 461. The number of pyridine rings is 1. The zero-order valence-electron chi connectivity index (χ0n) is 9.29. The van der Waals surface area contributed by atoms with Gasteiger partial charge < -0.3 is 9.84 Å². The molecule has 6 nitrogen and oxygen atoms in total. The van der Waals surface area contributed by atoms with E-state index < -0.39 is 12.1 Å². The van der Waals surface area contributed by atoms with Gasteiger partial charge in [-0.2, -0.15) is 0 Å². The van der Waals surface area contributed by atoms with E-state index in [0.29, 0.717) is 11.6 Å². The summed E-state index contributed by atoms with van der Waals surface area (Å²) in [7, 11) is 1.60. The number of likely N-dealkylation sites (N-methyl/N-ethyl adjacent to an activating group) is 1. The van der Waals surface area contributed by atoms with E-state index in [1.807, 2.05) is 0 Å². The molecule has 0 aliphatic carbocycles. The Morgan fingerprint density at radius 3 is 3.12 bits per heavy atom. The van der Waals surface area contributed by atoms with E-state index in [-0.39, 0.29) is 18.7 Å². The van der Waals surface area contributed by atoms with Gasteiger partial charge >= 0.3 is 5.97 Å². The maximum atomic E-state index is 11.9. The van der Waals surface area contributed by atoms with Crippen LogP contribution in [0, 0.1) is 0 Å². The SMILES string of the molecule is CN1C(=O)C(CCC(=O)O)Oc2cccnc21. The third kappa shape index (κ3) is 2.20. The van der Waals surface area contributed by atoms with Crippen LogP contribution in [-0.2, 0) is 9.59 Å². The number of carbonyl (C=O) groups excluding carboxylic acids is 1. The van der Waals surface area contributed by atoms with Gasteiger partial charge in [0.15, 0.2) is 17.7 Å². The second kappa shape index (κ2) is 4.40. The van der Waals surface area contributed by atoms with E-state index in [2.05, 4.69) is 4.98 Å². The molecule has 2 rings (SSSR count). The fourth-order valence-corrected chi connectivity index (χ4v) is 1.69. The maximum Gasteiger partial charge on any atom is 0.303 e. The summed E-state index contributed by atoms with van der Waals surface area (Å²) in [5.74, 6) is -0.243. The number of aliphatic carboxylic acids is 1. The quantitative estimate of drug-likeness (QED) is 0.834. The average Bonchev–Trinajstić information content (AvgIpc) is 2.32. The molecule has 0 spiro atoms. The molecule has 17 heavy (non-hydrogen) atoms. The number of ether oxygens (including phenoxy) is 1. The van der Waals surface area contributed by atoms with Gasteiger partial charge in [-0.05, 0) is 12.1 Å². The summed E-state index contributed by atoms with van der Waals surface area (Å²) in [5.41, 5.74) is 0. The molecule has 0 radical (unpaired) electrons. The Hall–Kier alpha value is -2.11. The minimum atomic E-state index is -0.943. The molecule has 1 amide bonds. The first-order valence-corrected chi connectivity index (χ1v) is 5.20. The molecule has 90 valence electrons.